The summed E-state index contributed by atoms with van der Waals surface area (Å²) in [6, 6.07) is 1.85. The van der Waals surface area contributed by atoms with Crippen LogP contribution in [0.5, 0.6) is 0 Å². The van der Waals surface area contributed by atoms with Crippen molar-refractivity contribution in [3.05, 3.63) is 24.7 Å². The number of rotatable bonds is 0. The van der Waals surface area contributed by atoms with Crippen LogP contribution >= 0.6 is 0 Å². The van der Waals surface area contributed by atoms with Gasteiger partial charge < -0.3 is 5.84 Å². The van der Waals surface area contributed by atoms with E-state index in [2.05, 4.69) is 5.10 Å². The Bertz CT molecular complexity index is 318. The molecule has 4 heteroatoms. The second-order valence-electron chi connectivity index (χ2n) is 1.84. The Morgan fingerprint density at radius 3 is 3.11 bits per heavy atom. The van der Waals surface area contributed by atoms with Crippen LogP contribution in [0.3, 0.4) is 0 Å². The molecule has 9 heavy (non-hydrogen) atoms. The second kappa shape index (κ2) is 1.28. The van der Waals surface area contributed by atoms with Gasteiger partial charge in [-0.2, -0.15) is 5.10 Å². The third-order valence-electron chi connectivity index (χ3n) is 1.28. The SMILES string of the molecule is Nn1ccn2nccc12. The fraction of sp³-hybridized carbons (Fsp3) is 0. The first-order valence-electron chi connectivity index (χ1n) is 2.64. The quantitative estimate of drug-likeness (QED) is 0.494. The van der Waals surface area contributed by atoms with Crippen molar-refractivity contribution in [2.45, 2.75) is 0 Å². The highest BCUT2D eigenvalue weighted by Gasteiger charge is 1.93. The van der Waals surface area contributed by atoms with Crippen LogP contribution in [-0.4, -0.2) is 14.3 Å². The van der Waals surface area contributed by atoms with Gasteiger partial charge in [-0.05, 0) is 0 Å². The number of nitrogens with zero attached hydrogens (tertiary/aromatic N) is 3. The summed E-state index contributed by atoms with van der Waals surface area (Å²) < 4.78 is 3.23. The first-order valence-corrected chi connectivity index (χ1v) is 2.64. The van der Waals surface area contributed by atoms with Gasteiger partial charge in [0.2, 0.25) is 0 Å². The average Bonchev–Trinajstić information content (AvgIpc) is 2.35. The Morgan fingerprint density at radius 1 is 1.44 bits per heavy atom. The van der Waals surface area contributed by atoms with E-state index in [9.17, 15) is 0 Å². The van der Waals surface area contributed by atoms with Crippen LogP contribution in [0.2, 0.25) is 0 Å². The van der Waals surface area contributed by atoms with Crippen molar-refractivity contribution in [2.75, 3.05) is 5.84 Å². The third-order valence-corrected chi connectivity index (χ3v) is 1.28. The molecule has 0 aliphatic heterocycles. The van der Waals surface area contributed by atoms with E-state index in [4.69, 9.17) is 5.84 Å². The lowest BCUT2D eigenvalue weighted by molar-refractivity contribution is 0.958. The Kier molecular flexibility index (Phi) is 0.631. The van der Waals surface area contributed by atoms with Crippen LogP contribution < -0.4 is 5.84 Å². The van der Waals surface area contributed by atoms with E-state index in [0.29, 0.717) is 0 Å². The monoisotopic (exact) mass is 122 g/mol. The van der Waals surface area contributed by atoms with Crippen molar-refractivity contribution < 1.29 is 0 Å². The molecule has 0 amide bonds. The molecule has 4 nitrogen and oxygen atoms in total. The lowest BCUT2D eigenvalue weighted by Gasteiger charge is -1.86. The molecule has 2 aromatic heterocycles. The Labute approximate surface area is 51.5 Å². The molecule has 0 aliphatic carbocycles. The summed E-state index contributed by atoms with van der Waals surface area (Å²) in [5.74, 6) is 5.48. The summed E-state index contributed by atoms with van der Waals surface area (Å²) in [7, 11) is 0. The number of nitrogen functional groups attached to an aromatic ring is 1. The molecule has 0 spiro atoms. The minimum Gasteiger partial charge on any atom is -0.338 e. The highest BCUT2D eigenvalue weighted by atomic mass is 15.4. The zero-order valence-electron chi connectivity index (χ0n) is 4.73. The standard InChI is InChI=1S/C5H6N4/c6-8-3-4-9-5(8)1-2-7-9/h1-4H,6H2. The summed E-state index contributed by atoms with van der Waals surface area (Å²) >= 11 is 0. The van der Waals surface area contributed by atoms with Crippen LogP contribution in [0, 0.1) is 0 Å². The normalized spacial score (nSPS) is 10.7. The van der Waals surface area contributed by atoms with Gasteiger partial charge >= 0.3 is 0 Å². The lowest BCUT2D eigenvalue weighted by atomic mass is 10.7. The van der Waals surface area contributed by atoms with Crippen molar-refractivity contribution in [3.63, 3.8) is 0 Å². The van der Waals surface area contributed by atoms with Gasteiger partial charge in [-0.15, -0.1) is 0 Å². The summed E-state index contributed by atoms with van der Waals surface area (Å²) in [4.78, 5) is 0. The Balaban J connectivity index is 2.99. The van der Waals surface area contributed by atoms with Gasteiger partial charge in [0.05, 0.1) is 6.20 Å². The molecule has 46 valence electrons. The molecule has 0 saturated heterocycles. The molecule has 2 heterocycles. The fourth-order valence-corrected chi connectivity index (χ4v) is 0.838. The zero-order chi connectivity index (χ0) is 6.27. The van der Waals surface area contributed by atoms with Gasteiger partial charge in [-0.25, -0.2) is 4.52 Å². The highest BCUT2D eigenvalue weighted by Crippen LogP contribution is 1.97. The maximum Gasteiger partial charge on any atom is 0.153 e. The molecule has 2 aromatic rings. The Hall–Kier alpha value is -1.45. The van der Waals surface area contributed by atoms with Gasteiger partial charge in [-0.1, -0.05) is 0 Å². The van der Waals surface area contributed by atoms with Crippen LogP contribution in [0.25, 0.3) is 5.65 Å². The largest absolute Gasteiger partial charge is 0.338 e. The molecule has 0 aliphatic rings. The van der Waals surface area contributed by atoms with E-state index in [1.54, 1.807) is 23.1 Å². The van der Waals surface area contributed by atoms with Gasteiger partial charge in [0.25, 0.3) is 0 Å². The van der Waals surface area contributed by atoms with Crippen LogP contribution in [0.4, 0.5) is 0 Å². The molecule has 2 N–H and O–H groups in total. The van der Waals surface area contributed by atoms with Crippen molar-refractivity contribution in [3.8, 4) is 0 Å². The fourth-order valence-electron chi connectivity index (χ4n) is 0.838. The summed E-state index contributed by atoms with van der Waals surface area (Å²) in [6.45, 7) is 0. The molecule has 0 bridgehead atoms. The van der Waals surface area contributed by atoms with Crippen molar-refractivity contribution >= 4 is 5.65 Å². The zero-order valence-corrected chi connectivity index (χ0v) is 4.73. The van der Waals surface area contributed by atoms with Gasteiger partial charge in [0.15, 0.2) is 5.65 Å². The minimum atomic E-state index is 0.898. The van der Waals surface area contributed by atoms with Gasteiger partial charge in [0, 0.05) is 18.5 Å². The van der Waals surface area contributed by atoms with E-state index in [1.165, 1.54) is 4.68 Å². The van der Waals surface area contributed by atoms with Crippen LogP contribution in [0.15, 0.2) is 24.7 Å². The van der Waals surface area contributed by atoms with E-state index < -0.39 is 0 Å². The number of fused-ring (bicyclic) bond motifs is 1. The van der Waals surface area contributed by atoms with Crippen LogP contribution in [0.1, 0.15) is 0 Å². The highest BCUT2D eigenvalue weighted by molar-refractivity contribution is 5.37. The number of hydrogen-bond acceptors (Lipinski definition) is 2. The van der Waals surface area contributed by atoms with E-state index in [0.717, 1.165) is 5.65 Å². The molecule has 0 saturated carbocycles. The lowest BCUT2D eigenvalue weighted by Crippen LogP contribution is -2.04. The molecule has 0 unspecified atom stereocenters. The Morgan fingerprint density at radius 2 is 2.33 bits per heavy atom. The maximum absolute atomic E-state index is 5.48. The summed E-state index contributed by atoms with van der Waals surface area (Å²) in [5.41, 5.74) is 0.898. The minimum absolute atomic E-state index is 0.898. The maximum atomic E-state index is 5.48. The van der Waals surface area contributed by atoms with E-state index >= 15 is 0 Å². The van der Waals surface area contributed by atoms with Crippen LogP contribution in [-0.2, 0) is 0 Å². The molecule has 0 aromatic carbocycles. The van der Waals surface area contributed by atoms with Gasteiger partial charge in [-0.3, -0.25) is 4.68 Å². The number of hydrogen-bond donors (Lipinski definition) is 1. The van der Waals surface area contributed by atoms with E-state index in [-0.39, 0.29) is 0 Å². The third kappa shape index (κ3) is 0.440. The number of imidazole rings is 1. The number of nitrogens with two attached hydrogens (primary N) is 1. The molecular weight excluding hydrogens is 116 g/mol. The molecular formula is C5H6N4. The predicted octanol–water partition coefficient (Wildman–Crippen LogP) is -0.150. The van der Waals surface area contributed by atoms with Crippen molar-refractivity contribution in [1.29, 1.82) is 0 Å². The summed E-state index contributed by atoms with van der Waals surface area (Å²) in [5, 5.41) is 3.96. The first kappa shape index (κ1) is 4.43. The number of aromatic nitrogens is 3. The first-order chi connectivity index (χ1) is 4.38. The predicted molar refractivity (Wildman–Crippen MR) is 33.3 cm³/mol. The summed E-state index contributed by atoms with van der Waals surface area (Å²) in [6.07, 6.45) is 5.26. The molecule has 0 atom stereocenters. The smallest absolute Gasteiger partial charge is 0.153 e. The molecule has 0 radical (unpaired) electrons. The van der Waals surface area contributed by atoms with Crippen molar-refractivity contribution in [1.82, 2.24) is 14.3 Å². The molecule has 0 fully saturated rings. The van der Waals surface area contributed by atoms with E-state index in [1.807, 2.05) is 6.07 Å². The van der Waals surface area contributed by atoms with Gasteiger partial charge in [0.1, 0.15) is 0 Å². The average molecular weight is 122 g/mol. The van der Waals surface area contributed by atoms with Crippen molar-refractivity contribution in [2.24, 2.45) is 0 Å². The molecule has 2 rings (SSSR count). The second-order valence-corrected chi connectivity index (χ2v) is 1.84. The topological polar surface area (TPSA) is 48.2 Å².